The van der Waals surface area contributed by atoms with Gasteiger partial charge in [0.25, 0.3) is 0 Å². The van der Waals surface area contributed by atoms with E-state index in [2.05, 4.69) is 10.1 Å². The summed E-state index contributed by atoms with van der Waals surface area (Å²) in [5.41, 5.74) is 6.17. The molecule has 7 heteroatoms. The standard InChI is InChI=1S/C14H12F2N2O3/c15-14(16)21-11-7-2-1-6-10(11)18-12-8(13(19)20)4-3-5-9(12)17/h1-7,14,18H,17H2,(H,19,20). The minimum atomic E-state index is -2.99. The Hall–Kier alpha value is -2.83. The van der Waals surface area contributed by atoms with Crippen LogP contribution in [0.4, 0.5) is 25.8 Å². The number of nitrogens with one attached hydrogen (secondary N) is 1. The first kappa shape index (κ1) is 14.6. The normalized spacial score (nSPS) is 10.4. The Labute approximate surface area is 119 Å². The number of ether oxygens (including phenoxy) is 1. The number of carbonyl (C=O) groups is 1. The van der Waals surface area contributed by atoms with Gasteiger partial charge in [-0.2, -0.15) is 8.78 Å². The van der Waals surface area contributed by atoms with Crippen molar-refractivity contribution in [2.24, 2.45) is 0 Å². The van der Waals surface area contributed by atoms with E-state index in [1.165, 1.54) is 36.4 Å². The fourth-order valence-electron chi connectivity index (χ4n) is 1.79. The van der Waals surface area contributed by atoms with Crippen LogP contribution in [0.15, 0.2) is 42.5 Å². The van der Waals surface area contributed by atoms with Gasteiger partial charge in [0.05, 0.1) is 22.6 Å². The number of carboxylic acids is 1. The van der Waals surface area contributed by atoms with Crippen LogP contribution in [0.2, 0.25) is 0 Å². The van der Waals surface area contributed by atoms with Gasteiger partial charge >= 0.3 is 12.6 Å². The highest BCUT2D eigenvalue weighted by molar-refractivity contribution is 5.99. The predicted molar refractivity (Wildman–Crippen MR) is 74.2 cm³/mol. The highest BCUT2D eigenvalue weighted by atomic mass is 19.3. The van der Waals surface area contributed by atoms with Crippen molar-refractivity contribution in [2.45, 2.75) is 6.61 Å². The topological polar surface area (TPSA) is 84.6 Å². The van der Waals surface area contributed by atoms with Gasteiger partial charge in [-0.25, -0.2) is 4.79 Å². The largest absolute Gasteiger partial charge is 0.478 e. The number of benzene rings is 2. The zero-order chi connectivity index (χ0) is 15.4. The quantitative estimate of drug-likeness (QED) is 0.737. The maximum absolute atomic E-state index is 12.4. The van der Waals surface area contributed by atoms with Crippen molar-refractivity contribution in [3.05, 3.63) is 48.0 Å². The molecule has 0 radical (unpaired) electrons. The summed E-state index contributed by atoms with van der Waals surface area (Å²) in [6.45, 7) is -2.99. The summed E-state index contributed by atoms with van der Waals surface area (Å²) in [5, 5.41) is 11.9. The molecule has 0 saturated heterocycles. The molecule has 0 atom stereocenters. The Balaban J connectivity index is 2.41. The van der Waals surface area contributed by atoms with Crippen LogP contribution < -0.4 is 15.8 Å². The molecule has 2 aromatic carbocycles. The molecule has 4 N–H and O–H groups in total. The van der Waals surface area contributed by atoms with Crippen LogP contribution in [0.5, 0.6) is 5.75 Å². The lowest BCUT2D eigenvalue weighted by molar-refractivity contribution is -0.0493. The van der Waals surface area contributed by atoms with Crippen LogP contribution in [-0.2, 0) is 0 Å². The summed E-state index contributed by atoms with van der Waals surface area (Å²) in [5.74, 6) is -1.29. The maximum atomic E-state index is 12.4. The Morgan fingerprint density at radius 3 is 2.57 bits per heavy atom. The average molecular weight is 294 g/mol. The van der Waals surface area contributed by atoms with Gasteiger partial charge in [-0.15, -0.1) is 0 Å². The van der Waals surface area contributed by atoms with Gasteiger partial charge in [0.15, 0.2) is 0 Å². The number of hydrogen-bond acceptors (Lipinski definition) is 4. The molecule has 5 nitrogen and oxygen atoms in total. The van der Waals surface area contributed by atoms with E-state index >= 15 is 0 Å². The number of hydrogen-bond donors (Lipinski definition) is 3. The van der Waals surface area contributed by atoms with Gasteiger partial charge in [-0.05, 0) is 24.3 Å². The number of rotatable bonds is 5. The molecule has 2 aromatic rings. The molecule has 2 rings (SSSR count). The van der Waals surface area contributed by atoms with Crippen LogP contribution in [-0.4, -0.2) is 17.7 Å². The van der Waals surface area contributed by atoms with E-state index in [1.807, 2.05) is 0 Å². The SMILES string of the molecule is Nc1cccc(C(=O)O)c1Nc1ccccc1OC(F)F. The summed E-state index contributed by atoms with van der Waals surface area (Å²) in [6, 6.07) is 10.3. The Morgan fingerprint density at radius 2 is 1.90 bits per heavy atom. The second-order valence-corrected chi connectivity index (χ2v) is 4.07. The van der Waals surface area contributed by atoms with Crippen LogP contribution in [0.3, 0.4) is 0 Å². The zero-order valence-electron chi connectivity index (χ0n) is 10.7. The number of alkyl halides is 2. The molecule has 0 amide bonds. The molecule has 0 aromatic heterocycles. The Bertz CT molecular complexity index is 662. The molecule has 110 valence electrons. The summed E-state index contributed by atoms with van der Waals surface area (Å²) < 4.78 is 29.1. The molecule has 0 bridgehead atoms. The summed E-state index contributed by atoms with van der Waals surface area (Å²) in [4.78, 5) is 11.2. The van der Waals surface area contributed by atoms with Crippen LogP contribution in [0.1, 0.15) is 10.4 Å². The molecule has 0 fully saturated rings. The minimum Gasteiger partial charge on any atom is -0.478 e. The van der Waals surface area contributed by atoms with E-state index in [1.54, 1.807) is 6.07 Å². The number of nitrogens with two attached hydrogens (primary N) is 1. The highest BCUT2D eigenvalue weighted by Crippen LogP contribution is 2.33. The third-order valence-electron chi connectivity index (χ3n) is 2.69. The maximum Gasteiger partial charge on any atom is 0.387 e. The van der Waals surface area contributed by atoms with Gasteiger partial charge in [0.1, 0.15) is 5.75 Å². The number of halogens is 2. The van der Waals surface area contributed by atoms with E-state index in [9.17, 15) is 13.6 Å². The fraction of sp³-hybridized carbons (Fsp3) is 0.0714. The van der Waals surface area contributed by atoms with Crippen LogP contribution in [0, 0.1) is 0 Å². The van der Waals surface area contributed by atoms with Gasteiger partial charge in [0.2, 0.25) is 0 Å². The summed E-state index contributed by atoms with van der Waals surface area (Å²) in [7, 11) is 0. The average Bonchev–Trinajstić information content (AvgIpc) is 2.42. The second-order valence-electron chi connectivity index (χ2n) is 4.07. The number of para-hydroxylation sites is 3. The molecule has 0 saturated carbocycles. The summed E-state index contributed by atoms with van der Waals surface area (Å²) in [6.07, 6.45) is 0. The first-order chi connectivity index (χ1) is 9.99. The predicted octanol–water partition coefficient (Wildman–Crippen LogP) is 3.31. The lowest BCUT2D eigenvalue weighted by atomic mass is 10.1. The third kappa shape index (κ3) is 3.38. The number of aromatic carboxylic acids is 1. The Kier molecular flexibility index (Phi) is 4.22. The first-order valence-electron chi connectivity index (χ1n) is 5.91. The Morgan fingerprint density at radius 1 is 1.19 bits per heavy atom. The molecule has 21 heavy (non-hydrogen) atoms. The molecule has 0 aliphatic heterocycles. The summed E-state index contributed by atoms with van der Waals surface area (Å²) >= 11 is 0. The van der Waals surface area contributed by atoms with E-state index < -0.39 is 12.6 Å². The second kappa shape index (κ2) is 6.08. The third-order valence-corrected chi connectivity index (χ3v) is 2.69. The number of carboxylic acid groups (broad SMARTS) is 1. The van der Waals surface area contributed by atoms with Crippen molar-refractivity contribution < 1.29 is 23.4 Å². The molecule has 0 aliphatic rings. The minimum absolute atomic E-state index is 0.0677. The lowest BCUT2D eigenvalue weighted by Crippen LogP contribution is -2.08. The van der Waals surface area contributed by atoms with Crippen molar-refractivity contribution in [1.29, 1.82) is 0 Å². The van der Waals surface area contributed by atoms with Gasteiger partial charge < -0.3 is 20.9 Å². The van der Waals surface area contributed by atoms with E-state index in [0.717, 1.165) is 0 Å². The number of anilines is 3. The van der Waals surface area contributed by atoms with Crippen LogP contribution in [0.25, 0.3) is 0 Å². The van der Waals surface area contributed by atoms with Gasteiger partial charge in [-0.3, -0.25) is 0 Å². The molecular formula is C14H12F2N2O3. The van der Waals surface area contributed by atoms with E-state index in [-0.39, 0.29) is 28.4 Å². The zero-order valence-corrected chi connectivity index (χ0v) is 10.7. The van der Waals surface area contributed by atoms with Crippen molar-refractivity contribution in [3.8, 4) is 5.75 Å². The van der Waals surface area contributed by atoms with Crippen molar-refractivity contribution in [3.63, 3.8) is 0 Å². The van der Waals surface area contributed by atoms with Gasteiger partial charge in [-0.1, -0.05) is 18.2 Å². The van der Waals surface area contributed by atoms with E-state index in [4.69, 9.17) is 10.8 Å². The molecular weight excluding hydrogens is 282 g/mol. The lowest BCUT2D eigenvalue weighted by Gasteiger charge is -2.15. The van der Waals surface area contributed by atoms with Crippen molar-refractivity contribution in [2.75, 3.05) is 11.1 Å². The molecule has 0 aliphatic carbocycles. The smallest absolute Gasteiger partial charge is 0.387 e. The van der Waals surface area contributed by atoms with E-state index in [0.29, 0.717) is 0 Å². The molecule has 0 unspecified atom stereocenters. The van der Waals surface area contributed by atoms with Gasteiger partial charge in [0, 0.05) is 0 Å². The number of nitrogen functional groups attached to an aromatic ring is 1. The fourth-order valence-corrected chi connectivity index (χ4v) is 1.79. The highest BCUT2D eigenvalue weighted by Gasteiger charge is 2.15. The van der Waals surface area contributed by atoms with Crippen LogP contribution >= 0.6 is 0 Å². The monoisotopic (exact) mass is 294 g/mol. The van der Waals surface area contributed by atoms with Crippen molar-refractivity contribution in [1.82, 2.24) is 0 Å². The molecule has 0 heterocycles. The first-order valence-corrected chi connectivity index (χ1v) is 5.91. The molecule has 0 spiro atoms. The van der Waals surface area contributed by atoms with Crippen molar-refractivity contribution >= 4 is 23.0 Å².